The van der Waals surface area contributed by atoms with Gasteiger partial charge in [0.25, 0.3) is 0 Å². The summed E-state index contributed by atoms with van der Waals surface area (Å²) in [5, 5.41) is 6.68. The molecule has 0 radical (unpaired) electrons. The molecule has 8 rings (SSSR count). The van der Waals surface area contributed by atoms with E-state index >= 15 is 0 Å². The largest absolute Gasteiger partial charge is 0.217 e. The fourth-order valence-electron chi connectivity index (χ4n) is 6.93. The summed E-state index contributed by atoms with van der Waals surface area (Å²) in [7, 11) is -2.56. The maximum atomic E-state index is 9.12. The Hall–Kier alpha value is -5.19. The highest BCUT2D eigenvalue weighted by molar-refractivity contribution is 7.02. The van der Waals surface area contributed by atoms with Crippen molar-refractivity contribution >= 4 is 50.8 Å². The van der Waals surface area contributed by atoms with Crippen LogP contribution in [0.25, 0.3) is 66.0 Å². The highest BCUT2D eigenvalue weighted by atomic mass is 28.3. The van der Waals surface area contributed by atoms with E-state index in [1.807, 2.05) is 76.2 Å². The Morgan fingerprint density at radius 3 is 1.65 bits per heavy atom. The maximum absolute atomic E-state index is 9.12. The molecule has 1 aromatic heterocycles. The van der Waals surface area contributed by atoms with Crippen LogP contribution in [0, 0.1) is 0 Å². The fourth-order valence-corrected chi connectivity index (χ4v) is 9.66. The molecule has 0 aliphatic carbocycles. The van der Waals surface area contributed by atoms with E-state index in [1.54, 1.807) is 0 Å². The van der Waals surface area contributed by atoms with Gasteiger partial charge in [0.15, 0.2) is 5.82 Å². The number of hydrogen-bond donors (Lipinski definition) is 0. The fraction of sp³-hybridized carbons (Fsp3) is 0.178. The molecule has 0 atom stereocenters. The molecule has 0 aliphatic rings. The van der Waals surface area contributed by atoms with Crippen molar-refractivity contribution in [2.24, 2.45) is 0 Å². The first-order valence-electron chi connectivity index (χ1n) is 21.6. The summed E-state index contributed by atoms with van der Waals surface area (Å²) in [6, 6.07) is 17.8. The second-order valence-electron chi connectivity index (χ2n) is 13.7. The molecule has 0 unspecified atom stereocenters. The van der Waals surface area contributed by atoms with Crippen LogP contribution in [0.1, 0.15) is 64.9 Å². The van der Waals surface area contributed by atoms with Gasteiger partial charge in [0.1, 0.15) is 19.7 Å². The van der Waals surface area contributed by atoms with Crippen LogP contribution in [0.5, 0.6) is 0 Å². The van der Waals surface area contributed by atoms with E-state index in [2.05, 4.69) is 31.3 Å². The molecule has 1 heterocycles. The van der Waals surface area contributed by atoms with E-state index in [0.717, 1.165) is 21.3 Å². The minimum absolute atomic E-state index is 0.0301. The van der Waals surface area contributed by atoms with Crippen LogP contribution in [0.4, 0.5) is 0 Å². The van der Waals surface area contributed by atoms with E-state index in [-0.39, 0.29) is 47.1 Å². The normalized spacial score (nSPS) is 15.1. The van der Waals surface area contributed by atoms with Crippen molar-refractivity contribution in [2.45, 2.75) is 52.6 Å². The first-order valence-corrected chi connectivity index (χ1v) is 19.6. The topological polar surface area (TPSA) is 38.7 Å². The Morgan fingerprint density at radius 1 is 0.531 bits per heavy atom. The zero-order chi connectivity index (χ0) is 42.6. The lowest BCUT2D eigenvalue weighted by Gasteiger charge is -2.28. The molecule has 0 saturated carbocycles. The molecule has 0 bridgehead atoms. The summed E-state index contributed by atoms with van der Waals surface area (Å²) in [4.78, 5) is 14.9. The van der Waals surface area contributed by atoms with Crippen molar-refractivity contribution in [3.8, 4) is 33.6 Å². The molecule has 0 N–H and O–H groups in total. The number of aromatic nitrogens is 3. The molecule has 49 heavy (non-hydrogen) atoms. The molecule has 0 aliphatic heterocycles. The van der Waals surface area contributed by atoms with Gasteiger partial charge < -0.3 is 0 Å². The molecule has 7 aromatic carbocycles. The zero-order valence-electron chi connectivity index (χ0n) is 38.3. The van der Waals surface area contributed by atoms with Crippen LogP contribution in [0.15, 0.2) is 127 Å². The second-order valence-corrected chi connectivity index (χ2v) is 18.1. The predicted octanol–water partition coefficient (Wildman–Crippen LogP) is 10.8. The van der Waals surface area contributed by atoms with Crippen LogP contribution < -0.4 is 10.4 Å². The monoisotopic (exact) mass is 661 g/mol. The van der Waals surface area contributed by atoms with Gasteiger partial charge in [-0.15, -0.1) is 0 Å². The van der Waals surface area contributed by atoms with Gasteiger partial charge in [-0.3, -0.25) is 0 Å². The number of rotatable bonds is 7. The Bertz CT molecular complexity index is 2960. The van der Waals surface area contributed by atoms with Crippen LogP contribution in [-0.4, -0.2) is 23.0 Å². The Labute approximate surface area is 304 Å². The van der Waals surface area contributed by atoms with E-state index in [0.29, 0.717) is 50.3 Å². The number of nitrogens with zero attached hydrogens (tertiary/aromatic N) is 3. The van der Waals surface area contributed by atoms with Crippen LogP contribution >= 0.6 is 0 Å². The van der Waals surface area contributed by atoms with Crippen molar-refractivity contribution in [1.82, 2.24) is 15.0 Å². The van der Waals surface area contributed by atoms with E-state index < -0.39 is 44.3 Å². The smallest absolute Gasteiger partial charge is 0.164 e. The summed E-state index contributed by atoms with van der Waals surface area (Å²) in [6.45, 7) is 12.6. The molecular formula is C45H41N3Si. The standard InChI is InChI=1S/C45H41N3Si/c1-28(2)43-46-44(29(3)4)48-45(47-43)39-26-37(31-18-12-8-13-19-31)35-24-23-34-33(30-16-10-7-11-17-30)22-25-36-40(27-38(39)42(35)41(34)36)49(5,6)32-20-14-9-15-21-32/h7-29H,1-6H3/i7D,8D,10D,11D,12D,13D,16D,17D,18D,19D. The predicted molar refractivity (Wildman–Crippen MR) is 211 cm³/mol. The molecule has 3 nitrogen and oxygen atoms in total. The molecule has 0 spiro atoms. The minimum Gasteiger partial charge on any atom is -0.217 e. The molecule has 0 amide bonds. The molecule has 0 fully saturated rings. The molecule has 8 aromatic rings. The van der Waals surface area contributed by atoms with Gasteiger partial charge in [0, 0.05) is 17.4 Å². The summed E-state index contributed by atoms with van der Waals surface area (Å²) in [6.07, 6.45) is 0. The number of benzene rings is 7. The lowest BCUT2D eigenvalue weighted by molar-refractivity contribution is 0.697. The maximum Gasteiger partial charge on any atom is 0.164 e. The van der Waals surface area contributed by atoms with Crippen molar-refractivity contribution in [3.63, 3.8) is 0 Å². The van der Waals surface area contributed by atoms with Gasteiger partial charge in [-0.2, -0.15) is 0 Å². The number of hydrogen-bond acceptors (Lipinski definition) is 3. The third kappa shape index (κ3) is 5.22. The van der Waals surface area contributed by atoms with Crippen LogP contribution in [0.2, 0.25) is 13.1 Å². The Balaban J connectivity index is 1.66. The Morgan fingerprint density at radius 2 is 1.06 bits per heavy atom. The molecule has 240 valence electrons. The van der Waals surface area contributed by atoms with Gasteiger partial charge in [-0.05, 0) is 65.8 Å². The summed E-state index contributed by atoms with van der Waals surface area (Å²) in [5.74, 6) is 1.48. The molecular weight excluding hydrogens is 611 g/mol. The average molecular weight is 662 g/mol. The van der Waals surface area contributed by atoms with Crippen molar-refractivity contribution < 1.29 is 13.7 Å². The first-order chi connectivity index (χ1) is 27.9. The zero-order valence-corrected chi connectivity index (χ0v) is 29.3. The van der Waals surface area contributed by atoms with Crippen molar-refractivity contribution in [1.29, 1.82) is 0 Å². The summed E-state index contributed by atoms with van der Waals surface area (Å²) >= 11 is 0. The van der Waals surface area contributed by atoms with Crippen LogP contribution in [-0.2, 0) is 0 Å². The van der Waals surface area contributed by atoms with Gasteiger partial charge >= 0.3 is 0 Å². The third-order valence-electron chi connectivity index (χ3n) is 9.55. The SMILES string of the molecule is [2H]c1c([2H])c([2H])c(-c2cc(-c3nc(C(C)C)nc(C(C)C)n3)c3cc([Si](C)(C)c4ccccc4)c4ccc(-c5c([2H])c([2H])c([2H])c([2H])c5[2H])c5ccc2c3c54)c([2H])c1[2H]. The quantitative estimate of drug-likeness (QED) is 0.126. The average Bonchev–Trinajstić information content (AvgIpc) is 3.23. The lowest BCUT2D eigenvalue weighted by Crippen LogP contribution is -2.53. The van der Waals surface area contributed by atoms with Gasteiger partial charge in [-0.1, -0.05) is 167 Å². The van der Waals surface area contributed by atoms with Crippen LogP contribution in [0.3, 0.4) is 0 Å². The van der Waals surface area contributed by atoms with E-state index in [1.165, 1.54) is 5.19 Å². The van der Waals surface area contributed by atoms with Crippen molar-refractivity contribution in [3.05, 3.63) is 139 Å². The minimum atomic E-state index is -2.56. The second kappa shape index (κ2) is 12.0. The van der Waals surface area contributed by atoms with E-state index in [4.69, 9.17) is 28.7 Å². The highest BCUT2D eigenvalue weighted by Gasteiger charge is 2.31. The van der Waals surface area contributed by atoms with E-state index in [9.17, 15) is 0 Å². The van der Waals surface area contributed by atoms with Gasteiger partial charge in [0.2, 0.25) is 0 Å². The summed E-state index contributed by atoms with van der Waals surface area (Å²) in [5.41, 5.74) is 1.54. The van der Waals surface area contributed by atoms with Gasteiger partial charge in [0.05, 0.1) is 13.7 Å². The van der Waals surface area contributed by atoms with Gasteiger partial charge in [-0.25, -0.2) is 15.0 Å². The van der Waals surface area contributed by atoms with Crippen molar-refractivity contribution in [2.75, 3.05) is 0 Å². The highest BCUT2D eigenvalue weighted by Crippen LogP contribution is 2.45. The molecule has 0 saturated heterocycles. The summed E-state index contributed by atoms with van der Waals surface area (Å²) < 4.78 is 87.3. The molecule has 4 heteroatoms. The Kier molecular flexibility index (Phi) is 5.34. The first kappa shape index (κ1) is 21.7. The lowest BCUT2D eigenvalue weighted by atomic mass is 9.85. The third-order valence-corrected chi connectivity index (χ3v) is 13.1.